The Bertz CT molecular complexity index is 473. The zero-order valence-corrected chi connectivity index (χ0v) is 10.0. The van der Waals surface area contributed by atoms with E-state index in [0.29, 0.717) is 5.92 Å². The van der Waals surface area contributed by atoms with Crippen LogP contribution in [0.3, 0.4) is 0 Å². The lowest BCUT2D eigenvalue weighted by molar-refractivity contribution is 0.553. The molecule has 2 rings (SSSR count). The number of fused-ring (bicyclic) bond motifs is 1. The highest BCUT2D eigenvalue weighted by molar-refractivity contribution is 5.74. The van der Waals surface area contributed by atoms with Crippen LogP contribution in [0.1, 0.15) is 25.2 Å². The molecule has 2 N–H and O–H groups in total. The van der Waals surface area contributed by atoms with Gasteiger partial charge in [-0.15, -0.1) is 0 Å². The molecule has 2 aromatic heterocycles. The number of aromatic amines is 1. The van der Waals surface area contributed by atoms with Gasteiger partial charge >= 0.3 is 0 Å². The van der Waals surface area contributed by atoms with Gasteiger partial charge in [-0.05, 0) is 31.0 Å². The maximum Gasteiger partial charge on any atom is 0.177 e. The quantitative estimate of drug-likeness (QED) is 0.825. The predicted octanol–water partition coefficient (Wildman–Crippen LogP) is 2.01. The first-order chi connectivity index (χ1) is 7.66. The number of aryl methyl sites for hydroxylation is 1. The molecule has 0 atom stereocenters. The highest BCUT2D eigenvalue weighted by Gasteiger charge is 2.05. The minimum Gasteiger partial charge on any atom is -0.341 e. The van der Waals surface area contributed by atoms with E-state index in [2.05, 4.69) is 34.1 Å². The Morgan fingerprint density at radius 2 is 2.25 bits per heavy atom. The number of pyridine rings is 1. The molecule has 0 aliphatic carbocycles. The standard InChI is InChI=1S/C12H18N4/c1-8(2)6-13-7-10-4-5-14-12-11(10)15-9(3)16-12/h4-5,8,13H,6-7H2,1-3H3,(H,14,15,16). The van der Waals surface area contributed by atoms with E-state index in [0.717, 1.165) is 30.1 Å². The van der Waals surface area contributed by atoms with E-state index < -0.39 is 0 Å². The number of nitrogens with one attached hydrogen (secondary N) is 2. The van der Waals surface area contributed by atoms with E-state index in [1.807, 2.05) is 19.2 Å². The van der Waals surface area contributed by atoms with Crippen LogP contribution in [0.25, 0.3) is 11.2 Å². The molecule has 2 heterocycles. The van der Waals surface area contributed by atoms with Gasteiger partial charge in [-0.2, -0.15) is 0 Å². The zero-order chi connectivity index (χ0) is 11.5. The highest BCUT2D eigenvalue weighted by atomic mass is 15.0. The first kappa shape index (κ1) is 11.1. The Morgan fingerprint density at radius 1 is 1.44 bits per heavy atom. The van der Waals surface area contributed by atoms with Crippen LogP contribution in [0.2, 0.25) is 0 Å². The second-order valence-corrected chi connectivity index (χ2v) is 4.52. The minimum atomic E-state index is 0.667. The Hall–Kier alpha value is -1.42. The summed E-state index contributed by atoms with van der Waals surface area (Å²) >= 11 is 0. The molecule has 0 amide bonds. The summed E-state index contributed by atoms with van der Waals surface area (Å²) in [6.45, 7) is 8.24. The number of H-pyrrole nitrogens is 1. The zero-order valence-electron chi connectivity index (χ0n) is 10.0. The maximum absolute atomic E-state index is 4.32. The summed E-state index contributed by atoms with van der Waals surface area (Å²) in [6, 6.07) is 2.04. The van der Waals surface area contributed by atoms with Crippen LogP contribution in [-0.2, 0) is 6.54 Å². The summed E-state index contributed by atoms with van der Waals surface area (Å²) in [7, 11) is 0. The van der Waals surface area contributed by atoms with Crippen LogP contribution >= 0.6 is 0 Å². The molecule has 0 spiro atoms. The average molecular weight is 218 g/mol. The van der Waals surface area contributed by atoms with Crippen molar-refractivity contribution in [2.24, 2.45) is 5.92 Å². The van der Waals surface area contributed by atoms with Gasteiger partial charge in [0.15, 0.2) is 5.65 Å². The summed E-state index contributed by atoms with van der Waals surface area (Å²) in [5.74, 6) is 1.58. The largest absolute Gasteiger partial charge is 0.341 e. The molecule has 0 saturated carbocycles. The highest BCUT2D eigenvalue weighted by Crippen LogP contribution is 2.13. The second kappa shape index (κ2) is 4.61. The van der Waals surface area contributed by atoms with Gasteiger partial charge in [-0.3, -0.25) is 0 Å². The van der Waals surface area contributed by atoms with Crippen molar-refractivity contribution in [3.63, 3.8) is 0 Å². The molecule has 2 aromatic rings. The molecule has 86 valence electrons. The second-order valence-electron chi connectivity index (χ2n) is 4.52. The van der Waals surface area contributed by atoms with Crippen molar-refractivity contribution in [1.29, 1.82) is 0 Å². The molecular formula is C12H18N4. The van der Waals surface area contributed by atoms with Gasteiger partial charge in [0.25, 0.3) is 0 Å². The summed E-state index contributed by atoms with van der Waals surface area (Å²) in [6.07, 6.45) is 1.81. The third kappa shape index (κ3) is 2.39. The normalized spacial score (nSPS) is 11.5. The van der Waals surface area contributed by atoms with Crippen LogP contribution in [0, 0.1) is 12.8 Å². The Kier molecular flexibility index (Phi) is 3.19. The summed E-state index contributed by atoms with van der Waals surface area (Å²) < 4.78 is 0. The lowest BCUT2D eigenvalue weighted by atomic mass is 10.2. The van der Waals surface area contributed by atoms with E-state index >= 15 is 0 Å². The van der Waals surface area contributed by atoms with Gasteiger partial charge < -0.3 is 10.3 Å². The molecule has 0 aliphatic heterocycles. The third-order valence-electron chi connectivity index (χ3n) is 2.46. The molecule has 16 heavy (non-hydrogen) atoms. The predicted molar refractivity (Wildman–Crippen MR) is 65.2 cm³/mol. The van der Waals surface area contributed by atoms with Crippen molar-refractivity contribution < 1.29 is 0 Å². The van der Waals surface area contributed by atoms with E-state index in [-0.39, 0.29) is 0 Å². The van der Waals surface area contributed by atoms with Crippen LogP contribution in [0.5, 0.6) is 0 Å². The van der Waals surface area contributed by atoms with Crippen molar-refractivity contribution >= 4 is 11.2 Å². The van der Waals surface area contributed by atoms with Crippen LogP contribution < -0.4 is 5.32 Å². The average Bonchev–Trinajstić information content (AvgIpc) is 2.58. The first-order valence-electron chi connectivity index (χ1n) is 5.67. The Morgan fingerprint density at radius 3 is 3.00 bits per heavy atom. The number of rotatable bonds is 4. The number of aromatic nitrogens is 3. The Labute approximate surface area is 95.5 Å². The Balaban J connectivity index is 2.17. The molecule has 4 nitrogen and oxygen atoms in total. The number of imidazole rings is 1. The topological polar surface area (TPSA) is 53.6 Å². The fraction of sp³-hybridized carbons (Fsp3) is 0.500. The monoisotopic (exact) mass is 218 g/mol. The van der Waals surface area contributed by atoms with Gasteiger partial charge in [0.2, 0.25) is 0 Å². The van der Waals surface area contributed by atoms with Crippen molar-refractivity contribution in [3.05, 3.63) is 23.7 Å². The van der Waals surface area contributed by atoms with Gasteiger partial charge in [0.05, 0.1) is 5.52 Å². The minimum absolute atomic E-state index is 0.667. The molecule has 0 aliphatic rings. The van der Waals surface area contributed by atoms with Gasteiger partial charge in [-0.1, -0.05) is 13.8 Å². The molecule has 0 radical (unpaired) electrons. The molecule has 0 aromatic carbocycles. The lowest BCUT2D eigenvalue weighted by Crippen LogP contribution is -2.19. The maximum atomic E-state index is 4.32. The number of hydrogen-bond donors (Lipinski definition) is 2. The molecule has 4 heteroatoms. The molecule has 0 fully saturated rings. The van der Waals surface area contributed by atoms with Crippen LogP contribution in [-0.4, -0.2) is 21.5 Å². The third-order valence-corrected chi connectivity index (χ3v) is 2.46. The fourth-order valence-corrected chi connectivity index (χ4v) is 1.72. The lowest BCUT2D eigenvalue weighted by Gasteiger charge is -2.07. The molecule has 0 bridgehead atoms. The van der Waals surface area contributed by atoms with Crippen molar-refractivity contribution in [3.8, 4) is 0 Å². The molecule has 0 saturated heterocycles. The summed E-state index contributed by atoms with van der Waals surface area (Å²) in [5, 5.41) is 3.43. The van der Waals surface area contributed by atoms with E-state index in [1.165, 1.54) is 5.56 Å². The van der Waals surface area contributed by atoms with E-state index in [9.17, 15) is 0 Å². The van der Waals surface area contributed by atoms with Crippen molar-refractivity contribution in [1.82, 2.24) is 20.3 Å². The molecular weight excluding hydrogens is 200 g/mol. The van der Waals surface area contributed by atoms with Crippen molar-refractivity contribution in [2.45, 2.75) is 27.3 Å². The first-order valence-corrected chi connectivity index (χ1v) is 5.67. The SMILES string of the molecule is Cc1nc2nccc(CNCC(C)C)c2[nH]1. The smallest absolute Gasteiger partial charge is 0.177 e. The van der Waals surface area contributed by atoms with Crippen LogP contribution in [0.4, 0.5) is 0 Å². The summed E-state index contributed by atoms with van der Waals surface area (Å²) in [5.41, 5.74) is 3.09. The summed E-state index contributed by atoms with van der Waals surface area (Å²) in [4.78, 5) is 11.8. The number of nitrogens with zero attached hydrogens (tertiary/aromatic N) is 2. The van der Waals surface area contributed by atoms with Gasteiger partial charge in [-0.25, -0.2) is 9.97 Å². The van der Waals surface area contributed by atoms with Gasteiger partial charge in [0.1, 0.15) is 5.82 Å². The fourth-order valence-electron chi connectivity index (χ4n) is 1.72. The van der Waals surface area contributed by atoms with E-state index in [4.69, 9.17) is 0 Å². The van der Waals surface area contributed by atoms with E-state index in [1.54, 1.807) is 0 Å². The number of hydrogen-bond acceptors (Lipinski definition) is 3. The molecule has 0 unspecified atom stereocenters. The van der Waals surface area contributed by atoms with Crippen LogP contribution in [0.15, 0.2) is 12.3 Å². The van der Waals surface area contributed by atoms with Gasteiger partial charge in [0, 0.05) is 12.7 Å². The van der Waals surface area contributed by atoms with Crippen molar-refractivity contribution in [2.75, 3.05) is 6.54 Å².